The fraction of sp³-hybridized carbons (Fsp3) is 0.571. The molecule has 4 amide bonds. The molecule has 2 aliphatic heterocycles. The Morgan fingerprint density at radius 2 is 1.69 bits per heavy atom. The Kier molecular flexibility index (Phi) is 6.42. The molecule has 29 heavy (non-hydrogen) atoms. The van der Waals surface area contributed by atoms with Crippen LogP contribution in [0.4, 0.5) is 4.79 Å². The van der Waals surface area contributed by atoms with Gasteiger partial charge in [-0.3, -0.25) is 24.3 Å². The lowest BCUT2D eigenvalue weighted by molar-refractivity contribution is -0.144. The third-order valence-corrected chi connectivity index (χ3v) is 6.70. The largest absolute Gasteiger partial charge is 0.335 e. The van der Waals surface area contributed by atoms with Gasteiger partial charge in [-0.2, -0.15) is 11.3 Å². The summed E-state index contributed by atoms with van der Waals surface area (Å²) in [5, 5.41) is 4.25. The molecule has 0 saturated carbocycles. The molecule has 0 aromatic carbocycles. The van der Waals surface area contributed by atoms with Gasteiger partial charge in [-0.15, -0.1) is 0 Å². The van der Waals surface area contributed by atoms with E-state index in [-0.39, 0.29) is 6.67 Å². The number of rotatable bonds is 7. The van der Waals surface area contributed by atoms with Crippen molar-refractivity contribution in [2.75, 3.05) is 39.4 Å². The van der Waals surface area contributed by atoms with E-state index in [1.54, 1.807) is 11.3 Å². The van der Waals surface area contributed by atoms with Gasteiger partial charge in [-0.25, -0.2) is 9.69 Å². The molecule has 0 radical (unpaired) electrons. The molecule has 3 heterocycles. The van der Waals surface area contributed by atoms with Crippen molar-refractivity contribution in [3.63, 3.8) is 0 Å². The summed E-state index contributed by atoms with van der Waals surface area (Å²) in [5.74, 6) is -1.36. The van der Waals surface area contributed by atoms with Crippen molar-refractivity contribution >= 4 is 29.2 Å². The van der Waals surface area contributed by atoms with Crippen LogP contribution in [0, 0.1) is 0 Å². The zero-order chi connectivity index (χ0) is 20.2. The molecule has 0 spiro atoms. The molecule has 2 fully saturated rings. The SMILES string of the molecule is O=C1C(=O)N(CN2CCN(Cc3ccsc3)CC2)C(=O)N1CCC1=CCCCC1. The summed E-state index contributed by atoms with van der Waals surface area (Å²) in [6.07, 6.45) is 7.36. The second-order valence-electron chi connectivity index (χ2n) is 8.00. The lowest BCUT2D eigenvalue weighted by Gasteiger charge is -2.35. The van der Waals surface area contributed by atoms with E-state index in [1.807, 2.05) is 0 Å². The maximum Gasteiger partial charge on any atom is 0.335 e. The van der Waals surface area contributed by atoms with Crippen LogP contribution < -0.4 is 0 Å². The van der Waals surface area contributed by atoms with E-state index in [0.29, 0.717) is 13.0 Å². The van der Waals surface area contributed by atoms with Crippen LogP contribution >= 0.6 is 11.3 Å². The quantitative estimate of drug-likeness (QED) is 0.388. The second-order valence-corrected chi connectivity index (χ2v) is 8.78. The number of nitrogens with zero attached hydrogens (tertiary/aromatic N) is 4. The first-order valence-corrected chi connectivity index (χ1v) is 11.4. The van der Waals surface area contributed by atoms with Crippen LogP contribution in [0.25, 0.3) is 0 Å². The molecular formula is C21H28N4O3S. The second kappa shape index (κ2) is 9.19. The molecule has 0 bridgehead atoms. The summed E-state index contributed by atoms with van der Waals surface area (Å²) in [7, 11) is 0. The van der Waals surface area contributed by atoms with Gasteiger partial charge in [0.2, 0.25) is 0 Å². The number of carbonyl (C=O) groups is 3. The Labute approximate surface area is 175 Å². The van der Waals surface area contributed by atoms with Gasteiger partial charge >= 0.3 is 17.8 Å². The van der Waals surface area contributed by atoms with Gasteiger partial charge in [0, 0.05) is 39.3 Å². The Morgan fingerprint density at radius 3 is 2.38 bits per heavy atom. The summed E-state index contributed by atoms with van der Waals surface area (Å²) < 4.78 is 0. The van der Waals surface area contributed by atoms with E-state index in [0.717, 1.165) is 61.8 Å². The van der Waals surface area contributed by atoms with Crippen molar-refractivity contribution in [3.05, 3.63) is 34.0 Å². The zero-order valence-corrected chi connectivity index (χ0v) is 17.5. The normalized spacial score (nSPS) is 21.9. The molecule has 4 rings (SSSR count). The number of hydrogen-bond donors (Lipinski definition) is 0. The average molecular weight is 417 g/mol. The zero-order valence-electron chi connectivity index (χ0n) is 16.7. The molecule has 1 aromatic rings. The van der Waals surface area contributed by atoms with Crippen LogP contribution in [0.3, 0.4) is 0 Å². The van der Waals surface area contributed by atoms with Gasteiger partial charge in [0.25, 0.3) is 0 Å². The van der Waals surface area contributed by atoms with Gasteiger partial charge in [-0.05, 0) is 54.5 Å². The minimum Gasteiger partial charge on any atom is -0.297 e. The predicted octanol–water partition coefficient (Wildman–Crippen LogP) is 2.50. The Morgan fingerprint density at radius 1 is 0.931 bits per heavy atom. The third-order valence-electron chi connectivity index (χ3n) is 5.97. The molecule has 0 unspecified atom stereocenters. The van der Waals surface area contributed by atoms with Crippen molar-refractivity contribution in [2.24, 2.45) is 0 Å². The fourth-order valence-electron chi connectivity index (χ4n) is 4.19. The molecule has 0 N–H and O–H groups in total. The first kappa shape index (κ1) is 20.3. The highest BCUT2D eigenvalue weighted by molar-refractivity contribution is 7.07. The summed E-state index contributed by atoms with van der Waals surface area (Å²) in [6, 6.07) is 1.68. The van der Waals surface area contributed by atoms with Crippen molar-refractivity contribution in [1.29, 1.82) is 0 Å². The number of imide groups is 2. The molecule has 3 aliphatic rings. The van der Waals surface area contributed by atoms with E-state index in [9.17, 15) is 14.4 Å². The van der Waals surface area contributed by atoms with Crippen molar-refractivity contribution in [3.8, 4) is 0 Å². The third kappa shape index (κ3) is 4.76. The van der Waals surface area contributed by atoms with E-state index < -0.39 is 17.8 Å². The van der Waals surface area contributed by atoms with Crippen LogP contribution in [0.1, 0.15) is 37.7 Å². The highest BCUT2D eigenvalue weighted by atomic mass is 32.1. The number of allylic oxidation sites excluding steroid dienone is 1. The van der Waals surface area contributed by atoms with Gasteiger partial charge in [0.1, 0.15) is 0 Å². The Balaban J connectivity index is 1.27. The summed E-state index contributed by atoms with van der Waals surface area (Å²) in [6.45, 7) is 4.77. The molecular weight excluding hydrogens is 388 g/mol. The molecule has 2 saturated heterocycles. The number of amides is 4. The molecule has 8 heteroatoms. The number of urea groups is 1. The predicted molar refractivity (Wildman–Crippen MR) is 111 cm³/mol. The van der Waals surface area contributed by atoms with Crippen molar-refractivity contribution in [2.45, 2.75) is 38.6 Å². The summed E-state index contributed by atoms with van der Waals surface area (Å²) in [5.41, 5.74) is 2.62. The van der Waals surface area contributed by atoms with Gasteiger partial charge in [0.15, 0.2) is 0 Å². The maximum atomic E-state index is 12.7. The highest BCUT2D eigenvalue weighted by Gasteiger charge is 2.44. The molecule has 7 nitrogen and oxygen atoms in total. The van der Waals surface area contributed by atoms with Crippen molar-refractivity contribution < 1.29 is 14.4 Å². The lowest BCUT2D eigenvalue weighted by atomic mass is 9.97. The van der Waals surface area contributed by atoms with E-state index in [2.05, 4.69) is 32.7 Å². The minimum atomic E-state index is -0.687. The van der Waals surface area contributed by atoms with Crippen molar-refractivity contribution in [1.82, 2.24) is 19.6 Å². The van der Waals surface area contributed by atoms with Crippen LogP contribution in [0.5, 0.6) is 0 Å². The molecule has 1 aliphatic carbocycles. The average Bonchev–Trinajstić information content (AvgIpc) is 3.32. The smallest absolute Gasteiger partial charge is 0.297 e. The fourth-order valence-corrected chi connectivity index (χ4v) is 4.85. The van der Waals surface area contributed by atoms with E-state index in [1.165, 1.54) is 17.6 Å². The standard InChI is InChI=1S/C21H28N4O3S/c26-19-20(27)25(21(28)24(19)8-6-17-4-2-1-3-5-17)16-23-11-9-22(10-12-23)14-18-7-13-29-15-18/h4,7,13,15H,1-3,5-6,8-12,14,16H2. The maximum absolute atomic E-state index is 12.7. The molecule has 156 valence electrons. The monoisotopic (exact) mass is 416 g/mol. The topological polar surface area (TPSA) is 64.2 Å². The number of thiophene rings is 1. The Hall–Kier alpha value is -2.03. The first-order chi connectivity index (χ1) is 14.1. The van der Waals surface area contributed by atoms with E-state index in [4.69, 9.17) is 0 Å². The highest BCUT2D eigenvalue weighted by Crippen LogP contribution is 2.22. The first-order valence-electron chi connectivity index (χ1n) is 10.4. The lowest BCUT2D eigenvalue weighted by Crippen LogP contribution is -2.51. The molecule has 1 aromatic heterocycles. The van der Waals surface area contributed by atoms with Crippen LogP contribution in [-0.4, -0.2) is 76.8 Å². The Bertz CT molecular complexity index is 784. The van der Waals surface area contributed by atoms with Crippen LogP contribution in [-0.2, 0) is 16.1 Å². The van der Waals surface area contributed by atoms with Gasteiger partial charge in [0.05, 0.1) is 6.67 Å². The van der Waals surface area contributed by atoms with Crippen LogP contribution in [0.2, 0.25) is 0 Å². The van der Waals surface area contributed by atoms with Crippen LogP contribution in [0.15, 0.2) is 28.5 Å². The summed E-state index contributed by atoms with van der Waals surface area (Å²) >= 11 is 1.70. The van der Waals surface area contributed by atoms with Gasteiger partial charge in [-0.1, -0.05) is 11.6 Å². The number of piperazine rings is 1. The summed E-state index contributed by atoms with van der Waals surface area (Å²) in [4.78, 5) is 44.1. The number of hydrogen-bond acceptors (Lipinski definition) is 6. The molecule has 0 atom stereocenters. The minimum absolute atomic E-state index is 0.203. The van der Waals surface area contributed by atoms with Gasteiger partial charge < -0.3 is 0 Å². The van der Waals surface area contributed by atoms with E-state index >= 15 is 0 Å². The number of carbonyl (C=O) groups excluding carboxylic acids is 3.